The van der Waals surface area contributed by atoms with Crippen molar-refractivity contribution in [2.75, 3.05) is 17.3 Å². The van der Waals surface area contributed by atoms with E-state index in [4.69, 9.17) is 21.4 Å². The molecule has 0 unspecified atom stereocenters. The fourth-order valence-electron chi connectivity index (χ4n) is 5.05. The highest BCUT2D eigenvalue weighted by molar-refractivity contribution is 7.80. The molecule has 1 fully saturated rings. The van der Waals surface area contributed by atoms with E-state index in [0.717, 1.165) is 34.1 Å². The molecule has 0 radical (unpaired) electrons. The summed E-state index contributed by atoms with van der Waals surface area (Å²) in [4.78, 5) is 18.8. The number of aromatic nitrogens is 2. The number of thiocarbonyl (C=S) groups is 1. The fourth-order valence-corrected chi connectivity index (χ4v) is 5.40. The molecule has 8 nitrogen and oxygen atoms in total. The van der Waals surface area contributed by atoms with Gasteiger partial charge in [0.1, 0.15) is 11.5 Å². The Hall–Kier alpha value is -4.11. The molecule has 1 aromatic carbocycles. The molecule has 4 aromatic rings. The number of rotatable bonds is 8. The molecule has 5 rings (SSSR count). The molecule has 3 aromatic heterocycles. The molecule has 1 aliphatic heterocycles. The van der Waals surface area contributed by atoms with E-state index in [1.165, 1.54) is 0 Å². The quantitative estimate of drug-likeness (QED) is 0.284. The van der Waals surface area contributed by atoms with Crippen molar-refractivity contribution in [2.45, 2.75) is 45.8 Å². The number of furan rings is 1. The monoisotopic (exact) mass is 529 g/mol. The second-order valence-corrected chi connectivity index (χ2v) is 9.66. The summed E-state index contributed by atoms with van der Waals surface area (Å²) in [6, 6.07) is 17.4. The standard InChI is InChI=1S/C29H31N5O3S/c1-5-26(35)31-23-12-11-20(16-25(23)36-4)34-28(27(32-29(34)38)24-10-6-7-13-30-24)22-15-18(2)33(19(22)3)17-21-9-8-14-37-21/h6-16,27-28H,5,17H2,1-4H3,(H,31,35)(H,32,38)/t27-,28+/m0/s1. The van der Waals surface area contributed by atoms with Crippen LogP contribution in [0.2, 0.25) is 0 Å². The first-order valence-corrected chi connectivity index (χ1v) is 13.0. The average molecular weight is 530 g/mol. The zero-order valence-corrected chi connectivity index (χ0v) is 22.7. The largest absolute Gasteiger partial charge is 0.494 e. The minimum atomic E-state index is -0.174. The van der Waals surface area contributed by atoms with Gasteiger partial charge in [0.05, 0.1) is 43.4 Å². The second kappa shape index (κ2) is 10.7. The number of aryl methyl sites for hydroxylation is 1. The molecule has 0 aliphatic carbocycles. The van der Waals surface area contributed by atoms with Gasteiger partial charge in [0.25, 0.3) is 0 Å². The predicted octanol–water partition coefficient (Wildman–Crippen LogP) is 5.68. The lowest BCUT2D eigenvalue weighted by Crippen LogP contribution is -2.29. The Morgan fingerprint density at radius 2 is 2.03 bits per heavy atom. The molecular weight excluding hydrogens is 498 g/mol. The number of methoxy groups -OCH3 is 1. The first-order chi connectivity index (χ1) is 18.4. The van der Waals surface area contributed by atoms with Crippen molar-refractivity contribution in [3.05, 3.63) is 95.5 Å². The Morgan fingerprint density at radius 1 is 1.18 bits per heavy atom. The molecule has 0 saturated carbocycles. The van der Waals surface area contributed by atoms with Gasteiger partial charge in [0.2, 0.25) is 5.91 Å². The summed E-state index contributed by atoms with van der Waals surface area (Å²) in [5.74, 6) is 1.38. The summed E-state index contributed by atoms with van der Waals surface area (Å²) < 4.78 is 13.5. The Kier molecular flexibility index (Phi) is 7.20. The number of hydrogen-bond acceptors (Lipinski definition) is 5. The van der Waals surface area contributed by atoms with Gasteiger partial charge >= 0.3 is 0 Å². The van der Waals surface area contributed by atoms with Crippen LogP contribution < -0.4 is 20.3 Å². The number of amides is 1. The van der Waals surface area contributed by atoms with E-state index >= 15 is 0 Å². The summed E-state index contributed by atoms with van der Waals surface area (Å²) in [6.07, 6.45) is 3.88. The summed E-state index contributed by atoms with van der Waals surface area (Å²) in [5, 5.41) is 7.02. The summed E-state index contributed by atoms with van der Waals surface area (Å²) in [7, 11) is 1.59. The van der Waals surface area contributed by atoms with E-state index in [1.54, 1.807) is 19.6 Å². The van der Waals surface area contributed by atoms with Gasteiger partial charge in [-0.25, -0.2) is 0 Å². The van der Waals surface area contributed by atoms with Gasteiger partial charge in [-0.2, -0.15) is 0 Å². The van der Waals surface area contributed by atoms with E-state index in [2.05, 4.69) is 45.0 Å². The third kappa shape index (κ3) is 4.77. The minimum absolute atomic E-state index is 0.0773. The number of hydrogen-bond donors (Lipinski definition) is 2. The molecule has 4 heterocycles. The van der Waals surface area contributed by atoms with Crippen molar-refractivity contribution in [1.82, 2.24) is 14.9 Å². The van der Waals surface area contributed by atoms with Crippen molar-refractivity contribution in [3.8, 4) is 5.75 Å². The summed E-state index contributed by atoms with van der Waals surface area (Å²) >= 11 is 5.91. The van der Waals surface area contributed by atoms with E-state index in [1.807, 2.05) is 55.5 Å². The molecule has 1 saturated heterocycles. The molecule has 196 valence electrons. The highest BCUT2D eigenvalue weighted by atomic mass is 32.1. The van der Waals surface area contributed by atoms with Crippen LogP contribution in [0.1, 0.15) is 53.8 Å². The second-order valence-electron chi connectivity index (χ2n) is 9.27. The Labute approximate surface area is 227 Å². The molecule has 9 heteroatoms. The van der Waals surface area contributed by atoms with Crippen molar-refractivity contribution >= 4 is 34.6 Å². The van der Waals surface area contributed by atoms with Crippen LogP contribution in [0.4, 0.5) is 11.4 Å². The lowest BCUT2D eigenvalue weighted by atomic mass is 9.96. The zero-order chi connectivity index (χ0) is 26.8. The highest BCUT2D eigenvalue weighted by Gasteiger charge is 2.42. The first kappa shape index (κ1) is 25.5. The van der Waals surface area contributed by atoms with Crippen LogP contribution >= 0.6 is 12.2 Å². The van der Waals surface area contributed by atoms with Crippen LogP contribution in [0.25, 0.3) is 0 Å². The van der Waals surface area contributed by atoms with E-state index in [9.17, 15) is 4.79 Å². The maximum absolute atomic E-state index is 12.0. The SMILES string of the molecule is CCC(=O)Nc1ccc(N2C(=S)N[C@@H](c3ccccn3)[C@H]2c2cc(C)n(Cc3ccco3)c2C)cc1OC. The highest BCUT2D eigenvalue weighted by Crippen LogP contribution is 2.44. The number of ether oxygens (including phenoxy) is 1. The topological polar surface area (TPSA) is 84.6 Å². The molecule has 0 spiro atoms. The maximum Gasteiger partial charge on any atom is 0.224 e. The van der Waals surface area contributed by atoms with Gasteiger partial charge in [0, 0.05) is 35.8 Å². The van der Waals surface area contributed by atoms with Crippen molar-refractivity contribution < 1.29 is 13.9 Å². The molecule has 0 bridgehead atoms. The molecule has 2 N–H and O–H groups in total. The third-order valence-electron chi connectivity index (χ3n) is 6.98. The third-order valence-corrected chi connectivity index (χ3v) is 7.30. The number of nitrogens with one attached hydrogen (secondary N) is 2. The number of benzene rings is 1. The predicted molar refractivity (Wildman–Crippen MR) is 152 cm³/mol. The number of anilines is 2. The summed E-state index contributed by atoms with van der Waals surface area (Å²) in [5.41, 5.74) is 5.77. The van der Waals surface area contributed by atoms with Crippen LogP contribution in [0, 0.1) is 13.8 Å². The average Bonchev–Trinajstić information content (AvgIpc) is 3.64. The number of nitrogens with zero attached hydrogens (tertiary/aromatic N) is 3. The Bertz CT molecular complexity index is 1450. The smallest absolute Gasteiger partial charge is 0.224 e. The van der Waals surface area contributed by atoms with Gasteiger partial charge in [-0.15, -0.1) is 0 Å². The van der Waals surface area contributed by atoms with Crippen LogP contribution in [0.5, 0.6) is 5.75 Å². The van der Waals surface area contributed by atoms with Gasteiger partial charge in [-0.05, 0) is 74.1 Å². The maximum atomic E-state index is 12.0. The minimum Gasteiger partial charge on any atom is -0.494 e. The Morgan fingerprint density at radius 3 is 2.71 bits per heavy atom. The summed E-state index contributed by atoms with van der Waals surface area (Å²) in [6.45, 7) is 6.69. The van der Waals surface area contributed by atoms with Gasteiger partial charge < -0.3 is 29.3 Å². The van der Waals surface area contributed by atoms with Crippen molar-refractivity contribution in [1.29, 1.82) is 0 Å². The van der Waals surface area contributed by atoms with Crippen LogP contribution in [-0.2, 0) is 11.3 Å². The van der Waals surface area contributed by atoms with Crippen LogP contribution in [0.3, 0.4) is 0 Å². The Balaban J connectivity index is 1.60. The molecular formula is C29H31N5O3S. The number of carbonyl (C=O) groups is 1. The first-order valence-electron chi connectivity index (χ1n) is 12.6. The normalized spacial score (nSPS) is 16.9. The lowest BCUT2D eigenvalue weighted by Gasteiger charge is -2.29. The van der Waals surface area contributed by atoms with E-state index in [0.29, 0.717) is 29.5 Å². The lowest BCUT2D eigenvalue weighted by molar-refractivity contribution is -0.115. The molecule has 2 atom stereocenters. The van der Waals surface area contributed by atoms with Crippen LogP contribution in [0.15, 0.2) is 71.5 Å². The van der Waals surface area contributed by atoms with Gasteiger partial charge in [-0.1, -0.05) is 13.0 Å². The van der Waals surface area contributed by atoms with Crippen molar-refractivity contribution in [2.24, 2.45) is 0 Å². The van der Waals surface area contributed by atoms with E-state index < -0.39 is 0 Å². The van der Waals surface area contributed by atoms with E-state index in [-0.39, 0.29) is 18.0 Å². The molecule has 38 heavy (non-hydrogen) atoms. The van der Waals surface area contributed by atoms with Gasteiger partial charge in [-0.3, -0.25) is 9.78 Å². The number of carbonyl (C=O) groups excluding carboxylic acids is 1. The molecule has 1 amide bonds. The number of pyridine rings is 1. The van der Waals surface area contributed by atoms with Crippen molar-refractivity contribution in [3.63, 3.8) is 0 Å². The molecule has 1 aliphatic rings. The van der Waals surface area contributed by atoms with Crippen LogP contribution in [-0.4, -0.2) is 27.7 Å². The zero-order valence-electron chi connectivity index (χ0n) is 21.9. The fraction of sp³-hybridized carbons (Fsp3) is 0.276. The van der Waals surface area contributed by atoms with Gasteiger partial charge in [0.15, 0.2) is 5.11 Å².